The van der Waals surface area contributed by atoms with Crippen LogP contribution in [0.5, 0.6) is 0 Å². The lowest BCUT2D eigenvalue weighted by atomic mass is 9.80. The summed E-state index contributed by atoms with van der Waals surface area (Å²) in [4.78, 5) is 0. The van der Waals surface area contributed by atoms with E-state index < -0.39 is 0 Å². The Kier molecular flexibility index (Phi) is 3.83. The summed E-state index contributed by atoms with van der Waals surface area (Å²) in [5.74, 6) is 1.72. The predicted octanol–water partition coefficient (Wildman–Crippen LogP) is 4.98. The first-order valence-electron chi connectivity index (χ1n) is 7.16. The van der Waals surface area contributed by atoms with Crippen LogP contribution in [0.25, 0.3) is 11.1 Å². The predicted molar refractivity (Wildman–Crippen MR) is 84.4 cm³/mol. The molecule has 3 rings (SSSR count). The largest absolute Gasteiger partial charge is 0.367 e. The highest BCUT2D eigenvalue weighted by Gasteiger charge is 2.27. The fourth-order valence-corrected chi connectivity index (χ4v) is 3.46. The van der Waals surface area contributed by atoms with Crippen LogP contribution in [0.1, 0.15) is 44.2 Å². The minimum Gasteiger partial charge on any atom is -0.367 e. The average Bonchev–Trinajstić information content (AvgIpc) is 2.81. The first kappa shape index (κ1) is 13.7. The van der Waals surface area contributed by atoms with Crippen LogP contribution in [-0.4, -0.2) is 5.16 Å². The third-order valence-corrected chi connectivity index (χ3v) is 4.75. The van der Waals surface area contributed by atoms with Crippen molar-refractivity contribution in [1.82, 2.24) is 5.16 Å². The Morgan fingerprint density at radius 1 is 1.25 bits per heavy atom. The highest BCUT2D eigenvalue weighted by molar-refractivity contribution is 9.10. The van der Waals surface area contributed by atoms with Gasteiger partial charge in [0.25, 0.3) is 0 Å². The molecule has 1 heterocycles. The van der Waals surface area contributed by atoms with Crippen LogP contribution in [0, 0.1) is 5.92 Å². The summed E-state index contributed by atoms with van der Waals surface area (Å²) in [6.07, 6.45) is 4.87. The minimum absolute atomic E-state index is 0.428. The van der Waals surface area contributed by atoms with E-state index in [1.165, 1.54) is 25.7 Å². The number of aromatic nitrogens is 1. The van der Waals surface area contributed by atoms with Gasteiger partial charge in [-0.1, -0.05) is 53.0 Å². The van der Waals surface area contributed by atoms with Gasteiger partial charge in [-0.15, -0.1) is 0 Å². The molecule has 0 unspecified atom stereocenters. The molecule has 4 heteroatoms. The monoisotopic (exact) mass is 334 g/mol. The zero-order chi connectivity index (χ0) is 14.1. The van der Waals surface area contributed by atoms with E-state index in [4.69, 9.17) is 10.3 Å². The molecule has 0 saturated heterocycles. The number of hydrogen-bond acceptors (Lipinski definition) is 3. The van der Waals surface area contributed by atoms with Gasteiger partial charge in [0.05, 0.1) is 11.3 Å². The van der Waals surface area contributed by atoms with Crippen LogP contribution >= 0.6 is 15.9 Å². The molecule has 1 aromatic carbocycles. The summed E-state index contributed by atoms with van der Waals surface area (Å²) < 4.78 is 6.32. The van der Waals surface area contributed by atoms with Gasteiger partial charge in [0, 0.05) is 10.4 Å². The standard InChI is InChI=1S/C16H19BrN2O/c1-10-5-7-11(8-6-10)15-14(16(18)20-19-15)12-3-2-4-13(17)9-12/h2-4,9-11H,5-8,18H2,1H3. The van der Waals surface area contributed by atoms with Gasteiger partial charge in [0.15, 0.2) is 0 Å². The van der Waals surface area contributed by atoms with Gasteiger partial charge in [-0.2, -0.15) is 0 Å². The first-order chi connectivity index (χ1) is 9.65. The summed E-state index contributed by atoms with van der Waals surface area (Å²) >= 11 is 3.51. The van der Waals surface area contributed by atoms with Gasteiger partial charge in [0.1, 0.15) is 0 Å². The number of hydrogen-bond donors (Lipinski definition) is 1. The number of halogens is 1. The molecule has 0 aliphatic heterocycles. The maximum absolute atomic E-state index is 6.01. The molecule has 0 amide bonds. The van der Waals surface area contributed by atoms with E-state index in [1.807, 2.05) is 12.1 Å². The van der Waals surface area contributed by atoms with Crippen LogP contribution in [0.3, 0.4) is 0 Å². The lowest BCUT2D eigenvalue weighted by molar-refractivity contribution is 0.331. The van der Waals surface area contributed by atoms with Crippen molar-refractivity contribution in [1.29, 1.82) is 0 Å². The van der Waals surface area contributed by atoms with E-state index in [9.17, 15) is 0 Å². The Hall–Kier alpha value is -1.29. The van der Waals surface area contributed by atoms with Crippen molar-refractivity contribution in [2.45, 2.75) is 38.5 Å². The fraction of sp³-hybridized carbons (Fsp3) is 0.438. The Bertz CT molecular complexity index is 600. The number of anilines is 1. The molecule has 2 N–H and O–H groups in total. The number of nitrogen functional groups attached to an aromatic ring is 1. The van der Waals surface area contributed by atoms with Crippen LogP contribution in [0.4, 0.5) is 5.88 Å². The third kappa shape index (κ3) is 2.62. The molecule has 3 nitrogen and oxygen atoms in total. The molecule has 1 aromatic heterocycles. The molecule has 1 aliphatic carbocycles. The third-order valence-electron chi connectivity index (χ3n) is 4.26. The van der Waals surface area contributed by atoms with Crippen molar-refractivity contribution in [3.05, 3.63) is 34.4 Å². The van der Waals surface area contributed by atoms with Gasteiger partial charge >= 0.3 is 0 Å². The SMILES string of the molecule is CC1CCC(c2noc(N)c2-c2cccc(Br)c2)CC1. The molecule has 2 aromatic rings. The maximum atomic E-state index is 6.01. The Balaban J connectivity index is 1.97. The van der Waals surface area contributed by atoms with Crippen LogP contribution in [0.15, 0.2) is 33.3 Å². The zero-order valence-corrected chi connectivity index (χ0v) is 13.2. The number of rotatable bonds is 2. The topological polar surface area (TPSA) is 52.0 Å². The smallest absolute Gasteiger partial charge is 0.230 e. The quantitative estimate of drug-likeness (QED) is 0.842. The minimum atomic E-state index is 0.428. The second kappa shape index (κ2) is 5.60. The van der Waals surface area contributed by atoms with Gasteiger partial charge in [-0.25, -0.2) is 0 Å². The van der Waals surface area contributed by atoms with Gasteiger partial charge in [-0.05, 0) is 36.5 Å². The van der Waals surface area contributed by atoms with Crippen molar-refractivity contribution >= 4 is 21.8 Å². The molecule has 1 aliphatic rings. The van der Waals surface area contributed by atoms with E-state index in [1.54, 1.807) is 0 Å². The lowest BCUT2D eigenvalue weighted by Crippen LogP contribution is -2.11. The Morgan fingerprint density at radius 3 is 2.70 bits per heavy atom. The van der Waals surface area contributed by atoms with Crippen LogP contribution < -0.4 is 5.73 Å². The van der Waals surface area contributed by atoms with Crippen LogP contribution in [0.2, 0.25) is 0 Å². The molecule has 0 atom stereocenters. The molecular formula is C16H19BrN2O. The molecular weight excluding hydrogens is 316 g/mol. The highest BCUT2D eigenvalue weighted by Crippen LogP contribution is 2.41. The lowest BCUT2D eigenvalue weighted by Gasteiger charge is -2.25. The highest BCUT2D eigenvalue weighted by atomic mass is 79.9. The molecule has 0 spiro atoms. The first-order valence-corrected chi connectivity index (χ1v) is 7.95. The number of nitrogens with zero attached hydrogens (tertiary/aromatic N) is 1. The molecule has 1 saturated carbocycles. The Morgan fingerprint density at radius 2 is 2.00 bits per heavy atom. The van der Waals surface area contributed by atoms with Gasteiger partial charge in [-0.3, -0.25) is 0 Å². The van der Waals surface area contributed by atoms with Crippen molar-refractivity contribution in [3.8, 4) is 11.1 Å². The molecule has 20 heavy (non-hydrogen) atoms. The molecule has 1 fully saturated rings. The van der Waals surface area contributed by atoms with Gasteiger partial charge in [0.2, 0.25) is 5.88 Å². The van der Waals surface area contributed by atoms with Crippen molar-refractivity contribution in [3.63, 3.8) is 0 Å². The zero-order valence-electron chi connectivity index (χ0n) is 11.6. The summed E-state index contributed by atoms with van der Waals surface area (Å²) in [6, 6.07) is 8.15. The second-order valence-corrected chi connectivity index (χ2v) is 6.69. The van der Waals surface area contributed by atoms with Crippen LogP contribution in [-0.2, 0) is 0 Å². The van der Waals surface area contributed by atoms with E-state index in [2.05, 4.69) is 40.1 Å². The summed E-state index contributed by atoms with van der Waals surface area (Å²) in [7, 11) is 0. The van der Waals surface area contributed by atoms with Gasteiger partial charge < -0.3 is 10.3 Å². The fourth-order valence-electron chi connectivity index (χ4n) is 3.06. The van der Waals surface area contributed by atoms with Crippen molar-refractivity contribution in [2.24, 2.45) is 5.92 Å². The number of nitrogens with two attached hydrogens (primary N) is 1. The maximum Gasteiger partial charge on any atom is 0.230 e. The molecule has 0 bridgehead atoms. The van der Waals surface area contributed by atoms with E-state index in [0.717, 1.165) is 27.2 Å². The van der Waals surface area contributed by atoms with Crippen molar-refractivity contribution < 1.29 is 4.52 Å². The molecule has 0 radical (unpaired) electrons. The summed E-state index contributed by atoms with van der Waals surface area (Å²) in [5, 5.41) is 4.26. The normalized spacial score (nSPS) is 22.9. The van der Waals surface area contributed by atoms with E-state index >= 15 is 0 Å². The van der Waals surface area contributed by atoms with E-state index in [-0.39, 0.29) is 0 Å². The summed E-state index contributed by atoms with van der Waals surface area (Å²) in [6.45, 7) is 2.32. The van der Waals surface area contributed by atoms with Crippen molar-refractivity contribution in [2.75, 3.05) is 5.73 Å². The van der Waals surface area contributed by atoms with E-state index in [0.29, 0.717) is 11.8 Å². The summed E-state index contributed by atoms with van der Waals surface area (Å²) in [5.41, 5.74) is 9.10. The molecule has 106 valence electrons. The average molecular weight is 335 g/mol. The Labute approximate surface area is 127 Å². The number of benzene rings is 1. The second-order valence-electron chi connectivity index (χ2n) is 5.77.